The van der Waals surface area contributed by atoms with Crippen molar-refractivity contribution in [2.45, 2.75) is 6.92 Å². The maximum atomic E-state index is 11.7. The number of aliphatic imine (C=N–C) groups is 1. The van der Waals surface area contributed by atoms with Crippen molar-refractivity contribution in [2.75, 3.05) is 7.11 Å². The van der Waals surface area contributed by atoms with Crippen LogP contribution in [0.25, 0.3) is 5.69 Å². The predicted molar refractivity (Wildman–Crippen MR) is 95.5 cm³/mol. The van der Waals surface area contributed by atoms with Gasteiger partial charge in [-0.25, -0.2) is 4.79 Å². The zero-order valence-corrected chi connectivity index (χ0v) is 13.6. The van der Waals surface area contributed by atoms with E-state index in [0.29, 0.717) is 5.56 Å². The molecule has 0 saturated carbocycles. The van der Waals surface area contributed by atoms with Crippen LogP contribution in [0.5, 0.6) is 0 Å². The Hall–Kier alpha value is -3.14. The van der Waals surface area contributed by atoms with Crippen LogP contribution in [0.4, 0.5) is 5.69 Å². The Morgan fingerprint density at radius 3 is 2.62 bits per heavy atom. The van der Waals surface area contributed by atoms with E-state index in [4.69, 9.17) is 4.74 Å². The van der Waals surface area contributed by atoms with Crippen LogP contribution in [-0.4, -0.2) is 23.9 Å². The Balaban J connectivity index is 1.85. The van der Waals surface area contributed by atoms with Crippen molar-refractivity contribution in [1.82, 2.24) is 4.57 Å². The molecule has 3 aromatic rings. The molecule has 0 fully saturated rings. The van der Waals surface area contributed by atoms with E-state index in [0.717, 1.165) is 22.5 Å². The van der Waals surface area contributed by atoms with Crippen LogP contribution in [-0.2, 0) is 4.74 Å². The molecular formula is C20H18N2O2. The third kappa shape index (κ3) is 3.27. The molecule has 0 N–H and O–H groups in total. The van der Waals surface area contributed by atoms with Gasteiger partial charge in [-0.1, -0.05) is 24.3 Å². The second-order valence-electron chi connectivity index (χ2n) is 5.39. The quantitative estimate of drug-likeness (QED) is 0.531. The number of carbonyl (C=O) groups is 1. The zero-order valence-electron chi connectivity index (χ0n) is 13.6. The first-order valence-corrected chi connectivity index (χ1v) is 7.64. The number of ether oxygens (including phenoxy) is 1. The van der Waals surface area contributed by atoms with Crippen molar-refractivity contribution in [3.8, 4) is 5.69 Å². The third-order valence-corrected chi connectivity index (χ3v) is 3.83. The highest BCUT2D eigenvalue weighted by molar-refractivity contribution is 5.93. The van der Waals surface area contributed by atoms with Gasteiger partial charge in [0.05, 0.1) is 18.4 Å². The molecule has 0 radical (unpaired) electrons. The molecule has 0 bridgehead atoms. The molecule has 120 valence electrons. The minimum Gasteiger partial charge on any atom is -0.465 e. The van der Waals surface area contributed by atoms with Gasteiger partial charge in [-0.3, -0.25) is 4.99 Å². The van der Waals surface area contributed by atoms with Crippen molar-refractivity contribution in [1.29, 1.82) is 0 Å². The third-order valence-electron chi connectivity index (χ3n) is 3.83. The molecule has 0 saturated heterocycles. The van der Waals surface area contributed by atoms with Gasteiger partial charge in [0.2, 0.25) is 0 Å². The molecule has 0 spiro atoms. The minimum atomic E-state index is -0.347. The second kappa shape index (κ2) is 6.96. The molecule has 0 aliphatic carbocycles. The number of nitrogens with zero attached hydrogens (tertiary/aromatic N) is 2. The first kappa shape index (κ1) is 15.7. The summed E-state index contributed by atoms with van der Waals surface area (Å²) in [6, 6.07) is 17.5. The smallest absolute Gasteiger partial charge is 0.338 e. The first-order valence-electron chi connectivity index (χ1n) is 7.64. The Kier molecular flexibility index (Phi) is 4.57. The lowest BCUT2D eigenvalue weighted by Crippen LogP contribution is -2.03. The molecule has 0 amide bonds. The van der Waals surface area contributed by atoms with Crippen LogP contribution in [0.15, 0.2) is 72.0 Å². The number of hydrogen-bond donors (Lipinski definition) is 0. The van der Waals surface area contributed by atoms with E-state index >= 15 is 0 Å². The predicted octanol–water partition coefficient (Wildman–Crippen LogP) is 4.32. The highest BCUT2D eigenvalue weighted by Crippen LogP contribution is 2.22. The van der Waals surface area contributed by atoms with Gasteiger partial charge in [-0.05, 0) is 42.8 Å². The van der Waals surface area contributed by atoms with Gasteiger partial charge in [0.15, 0.2) is 0 Å². The Labute approximate surface area is 141 Å². The van der Waals surface area contributed by atoms with Crippen LogP contribution in [0.1, 0.15) is 21.5 Å². The summed E-state index contributed by atoms with van der Waals surface area (Å²) in [5.41, 5.74) is 4.19. The van der Waals surface area contributed by atoms with E-state index in [1.54, 1.807) is 18.3 Å². The van der Waals surface area contributed by atoms with Crippen molar-refractivity contribution >= 4 is 17.9 Å². The number of rotatable bonds is 4. The summed E-state index contributed by atoms with van der Waals surface area (Å²) in [5.74, 6) is -0.347. The van der Waals surface area contributed by atoms with Gasteiger partial charge < -0.3 is 9.30 Å². The Morgan fingerprint density at radius 1 is 1.08 bits per heavy atom. The molecule has 0 aliphatic rings. The van der Waals surface area contributed by atoms with Crippen molar-refractivity contribution in [3.63, 3.8) is 0 Å². The molecule has 0 atom stereocenters. The van der Waals surface area contributed by atoms with E-state index in [2.05, 4.69) is 4.99 Å². The average molecular weight is 318 g/mol. The second-order valence-corrected chi connectivity index (χ2v) is 5.39. The van der Waals surface area contributed by atoms with Crippen LogP contribution in [0.2, 0.25) is 0 Å². The molecule has 24 heavy (non-hydrogen) atoms. The van der Waals surface area contributed by atoms with Crippen LogP contribution in [0, 0.1) is 6.92 Å². The summed E-state index contributed by atoms with van der Waals surface area (Å²) >= 11 is 0. The lowest BCUT2D eigenvalue weighted by molar-refractivity contribution is 0.0600. The normalized spacial score (nSPS) is 10.9. The number of aromatic nitrogens is 1. The number of esters is 1. The molecule has 0 unspecified atom stereocenters. The zero-order chi connectivity index (χ0) is 16.9. The minimum absolute atomic E-state index is 0.347. The average Bonchev–Trinajstić information content (AvgIpc) is 3.10. The lowest BCUT2D eigenvalue weighted by Gasteiger charge is -2.05. The molecule has 4 nitrogen and oxygen atoms in total. The number of para-hydroxylation sites is 1. The molecule has 2 aromatic carbocycles. The van der Waals surface area contributed by atoms with Crippen molar-refractivity contribution in [2.24, 2.45) is 4.99 Å². The maximum Gasteiger partial charge on any atom is 0.338 e. The summed E-state index contributed by atoms with van der Waals surface area (Å²) < 4.78 is 6.83. The van der Waals surface area contributed by atoms with E-state index in [1.165, 1.54) is 7.11 Å². The number of methoxy groups -OCH3 is 1. The van der Waals surface area contributed by atoms with E-state index < -0.39 is 0 Å². The first-order chi connectivity index (χ1) is 11.7. The Bertz CT molecular complexity index is 880. The monoisotopic (exact) mass is 318 g/mol. The van der Waals surface area contributed by atoms with Gasteiger partial charge in [-0.2, -0.15) is 0 Å². The van der Waals surface area contributed by atoms with Crippen LogP contribution < -0.4 is 0 Å². The molecule has 1 heterocycles. The number of hydrogen-bond acceptors (Lipinski definition) is 3. The van der Waals surface area contributed by atoms with Gasteiger partial charge in [-0.15, -0.1) is 0 Å². The van der Waals surface area contributed by atoms with Gasteiger partial charge in [0, 0.05) is 29.9 Å². The summed E-state index contributed by atoms with van der Waals surface area (Å²) in [5, 5.41) is 0. The fourth-order valence-corrected chi connectivity index (χ4v) is 2.49. The SMILES string of the molecule is COC(=O)c1cccc(N=Cc2ccn(-c3ccccc3)c2)c1C. The fraction of sp³-hybridized carbons (Fsp3) is 0.100. The summed E-state index contributed by atoms with van der Waals surface area (Å²) in [6.07, 6.45) is 5.80. The van der Waals surface area contributed by atoms with Crippen LogP contribution in [0.3, 0.4) is 0 Å². The highest BCUT2D eigenvalue weighted by Gasteiger charge is 2.10. The summed E-state index contributed by atoms with van der Waals surface area (Å²) in [6.45, 7) is 1.87. The molecule has 3 rings (SSSR count). The lowest BCUT2D eigenvalue weighted by atomic mass is 10.1. The van der Waals surface area contributed by atoms with E-state index in [-0.39, 0.29) is 5.97 Å². The van der Waals surface area contributed by atoms with Gasteiger partial charge >= 0.3 is 5.97 Å². The molecule has 4 heteroatoms. The molecule has 0 aliphatic heterocycles. The summed E-state index contributed by atoms with van der Waals surface area (Å²) in [4.78, 5) is 16.3. The molecular weight excluding hydrogens is 300 g/mol. The maximum absolute atomic E-state index is 11.7. The van der Waals surface area contributed by atoms with Gasteiger partial charge in [0.1, 0.15) is 0 Å². The standard InChI is InChI=1S/C20H18N2O2/c1-15-18(20(23)24-2)9-6-10-19(15)21-13-16-11-12-22(14-16)17-7-4-3-5-8-17/h3-14H,1-2H3. The number of benzene rings is 2. The topological polar surface area (TPSA) is 43.6 Å². The summed E-state index contributed by atoms with van der Waals surface area (Å²) in [7, 11) is 1.38. The Morgan fingerprint density at radius 2 is 1.88 bits per heavy atom. The number of carbonyl (C=O) groups excluding carboxylic acids is 1. The largest absolute Gasteiger partial charge is 0.465 e. The van der Waals surface area contributed by atoms with Crippen molar-refractivity contribution in [3.05, 3.63) is 83.7 Å². The van der Waals surface area contributed by atoms with Crippen molar-refractivity contribution < 1.29 is 9.53 Å². The highest BCUT2D eigenvalue weighted by atomic mass is 16.5. The van der Waals surface area contributed by atoms with Gasteiger partial charge in [0.25, 0.3) is 0 Å². The fourth-order valence-electron chi connectivity index (χ4n) is 2.49. The van der Waals surface area contributed by atoms with Crippen LogP contribution >= 0.6 is 0 Å². The van der Waals surface area contributed by atoms with E-state index in [1.807, 2.05) is 66.3 Å². The van der Waals surface area contributed by atoms with E-state index in [9.17, 15) is 4.79 Å². The molecule has 1 aromatic heterocycles.